The number of carboxylic acid groups (broad SMARTS) is 1. The van der Waals surface area contributed by atoms with Crippen molar-refractivity contribution >= 4 is 5.97 Å². The maximum Gasteiger partial charge on any atom is 0.366 e. The molecule has 0 spiro atoms. The van der Waals surface area contributed by atoms with Gasteiger partial charge in [0.05, 0.1) is 0 Å². The van der Waals surface area contributed by atoms with Gasteiger partial charge < -0.3 is 5.11 Å². The van der Waals surface area contributed by atoms with Gasteiger partial charge in [0.2, 0.25) is 0 Å². The van der Waals surface area contributed by atoms with Crippen LogP contribution in [0, 0.1) is 0 Å². The van der Waals surface area contributed by atoms with Gasteiger partial charge in [0.15, 0.2) is 0 Å². The zero-order valence-corrected chi connectivity index (χ0v) is 6.11. The first-order valence-electron chi connectivity index (χ1n) is 2.11. The van der Waals surface area contributed by atoms with Crippen LogP contribution < -0.4 is 16.7 Å². The number of hydrogen-bond acceptors (Lipinski definition) is 6. The molecule has 0 fully saturated rings. The van der Waals surface area contributed by atoms with Crippen molar-refractivity contribution in [1.29, 1.82) is 0 Å². The molecule has 1 atom stereocenters. The van der Waals surface area contributed by atoms with Crippen molar-refractivity contribution < 1.29 is 32.3 Å². The Bertz CT molecular complexity index is 171. The molecule has 0 saturated heterocycles. The van der Waals surface area contributed by atoms with Crippen LogP contribution in [-0.2, 0) is 27.2 Å². The van der Waals surface area contributed by atoms with Gasteiger partial charge in [-0.05, 0) is 0 Å². The molecule has 1 heterocycles. The van der Waals surface area contributed by atoms with Crippen molar-refractivity contribution in [2.45, 2.75) is 5.79 Å². The van der Waals surface area contributed by atoms with Crippen LogP contribution in [0.3, 0.4) is 0 Å². The number of nitrogens with two attached hydrogens (primary N) is 1. The minimum atomic E-state index is -1.79. The zero-order valence-electron chi connectivity index (χ0n) is 4.63. The number of aliphatic carboxylic acids is 1. The van der Waals surface area contributed by atoms with Crippen molar-refractivity contribution in [3.8, 4) is 0 Å². The van der Waals surface area contributed by atoms with E-state index in [-0.39, 0.29) is 22.4 Å². The molecule has 0 bridgehead atoms. The van der Waals surface area contributed by atoms with Crippen LogP contribution in [0.2, 0.25) is 0 Å². The summed E-state index contributed by atoms with van der Waals surface area (Å²) in [4.78, 5) is 10.1. The van der Waals surface area contributed by atoms with Crippen LogP contribution in [0.15, 0.2) is 10.3 Å². The van der Waals surface area contributed by atoms with E-state index in [4.69, 9.17) is 10.8 Å². The van der Waals surface area contributed by atoms with Crippen LogP contribution in [0.5, 0.6) is 0 Å². The summed E-state index contributed by atoms with van der Waals surface area (Å²) in [5, 5.41) is 14.6. The van der Waals surface area contributed by atoms with Gasteiger partial charge in [-0.3, -0.25) is 5.73 Å². The Morgan fingerprint density at radius 3 is 2.50 bits per heavy atom. The van der Waals surface area contributed by atoms with E-state index in [1.807, 2.05) is 0 Å². The Morgan fingerprint density at radius 2 is 2.30 bits per heavy atom. The molecule has 1 unspecified atom stereocenters. The molecule has 0 amide bonds. The molecule has 1 radical (unpaired) electrons. The second-order valence-corrected chi connectivity index (χ2v) is 1.51. The molecule has 5 N–H and O–H groups in total. The fourth-order valence-corrected chi connectivity index (χ4v) is 0.335. The van der Waals surface area contributed by atoms with Crippen LogP contribution in [0.4, 0.5) is 0 Å². The third kappa shape index (κ3) is 1.52. The SMILES string of the molecule is NC1(C(=O)O)N=NNN1.[Ag]. The standard InChI is InChI=1S/C2H5N5O2.Ag/c3-2(1(8)9)4-6-7-5-2;/h3H2,(H,4,7)(H,5,6)(H,8,9);. The molecule has 0 aromatic rings. The molecular weight excluding hydrogens is 234 g/mol. The number of hydrazine groups is 1. The topological polar surface area (TPSA) is 112 Å². The summed E-state index contributed by atoms with van der Waals surface area (Å²) in [6.45, 7) is 0. The van der Waals surface area contributed by atoms with Crippen molar-refractivity contribution in [3.05, 3.63) is 0 Å². The van der Waals surface area contributed by atoms with Gasteiger partial charge in [0, 0.05) is 22.4 Å². The quantitative estimate of drug-likeness (QED) is 0.401. The Hall–Kier alpha value is -0.470. The number of nitrogens with one attached hydrogen (secondary N) is 2. The van der Waals surface area contributed by atoms with E-state index in [9.17, 15) is 4.79 Å². The van der Waals surface area contributed by atoms with E-state index in [2.05, 4.69) is 21.3 Å². The maximum atomic E-state index is 10.1. The van der Waals surface area contributed by atoms with Gasteiger partial charge in [0.1, 0.15) is 0 Å². The van der Waals surface area contributed by atoms with Gasteiger partial charge >= 0.3 is 11.8 Å². The molecule has 10 heavy (non-hydrogen) atoms. The fraction of sp³-hybridized carbons (Fsp3) is 0.500. The number of carbonyl (C=O) groups is 1. The van der Waals surface area contributed by atoms with E-state index in [0.717, 1.165) is 0 Å². The summed E-state index contributed by atoms with van der Waals surface area (Å²) in [5.41, 5.74) is 9.29. The summed E-state index contributed by atoms with van der Waals surface area (Å²) in [5.74, 6) is -3.07. The summed E-state index contributed by atoms with van der Waals surface area (Å²) in [6, 6.07) is 0. The third-order valence-electron chi connectivity index (χ3n) is 0.830. The van der Waals surface area contributed by atoms with E-state index in [1.54, 1.807) is 0 Å². The van der Waals surface area contributed by atoms with Crippen LogP contribution >= 0.6 is 0 Å². The second-order valence-electron chi connectivity index (χ2n) is 1.51. The maximum absolute atomic E-state index is 10.1. The summed E-state index contributed by atoms with van der Waals surface area (Å²) in [6.07, 6.45) is 0. The Morgan fingerprint density at radius 1 is 1.70 bits per heavy atom. The van der Waals surface area contributed by atoms with E-state index in [0.29, 0.717) is 0 Å². The third-order valence-corrected chi connectivity index (χ3v) is 0.830. The van der Waals surface area contributed by atoms with E-state index in [1.165, 1.54) is 0 Å². The van der Waals surface area contributed by atoms with Crippen LogP contribution in [0.25, 0.3) is 0 Å². The first-order valence-corrected chi connectivity index (χ1v) is 2.11. The molecule has 0 aromatic heterocycles. The number of rotatable bonds is 1. The Kier molecular flexibility index (Phi) is 2.94. The van der Waals surface area contributed by atoms with Gasteiger partial charge in [-0.1, -0.05) is 5.22 Å². The van der Waals surface area contributed by atoms with Crippen LogP contribution in [-0.4, -0.2) is 16.9 Å². The molecule has 7 nitrogen and oxygen atoms in total. The average Bonchev–Trinajstić information content (AvgIpc) is 2.16. The number of hydrogen-bond donors (Lipinski definition) is 4. The largest absolute Gasteiger partial charge is 0.477 e. The molecule has 1 rings (SSSR count). The first kappa shape index (κ1) is 9.53. The van der Waals surface area contributed by atoms with Crippen LogP contribution in [0.1, 0.15) is 0 Å². The molecule has 1 aliphatic heterocycles. The van der Waals surface area contributed by atoms with Gasteiger partial charge in [-0.25, -0.2) is 10.3 Å². The molecule has 0 aliphatic carbocycles. The number of nitrogens with zero attached hydrogens (tertiary/aromatic N) is 2. The Balaban J connectivity index is 0.000000810. The van der Waals surface area contributed by atoms with E-state index >= 15 is 0 Å². The smallest absolute Gasteiger partial charge is 0.366 e. The summed E-state index contributed by atoms with van der Waals surface area (Å²) in [7, 11) is 0. The monoisotopic (exact) mass is 238 g/mol. The van der Waals surface area contributed by atoms with Crippen molar-refractivity contribution in [3.63, 3.8) is 0 Å². The van der Waals surface area contributed by atoms with Crippen molar-refractivity contribution in [1.82, 2.24) is 11.0 Å². The minimum absolute atomic E-state index is 0. The number of carboxylic acids is 1. The van der Waals surface area contributed by atoms with Crippen molar-refractivity contribution in [2.24, 2.45) is 16.1 Å². The van der Waals surface area contributed by atoms with Gasteiger partial charge in [-0.15, -0.1) is 5.11 Å². The molecule has 0 aromatic carbocycles. The predicted octanol–water partition coefficient (Wildman–Crippen LogP) is -1.84. The molecule has 1 aliphatic rings. The minimum Gasteiger partial charge on any atom is -0.477 e. The van der Waals surface area contributed by atoms with Gasteiger partial charge in [0.25, 0.3) is 0 Å². The molecule has 61 valence electrons. The normalized spacial score (nSPS) is 28.9. The first-order chi connectivity index (χ1) is 4.15. The van der Waals surface area contributed by atoms with E-state index < -0.39 is 11.8 Å². The fourth-order valence-electron chi connectivity index (χ4n) is 0.335. The van der Waals surface area contributed by atoms with Crippen molar-refractivity contribution in [2.75, 3.05) is 0 Å². The molecular formula is C2H5AgN5O2. The molecule has 0 saturated carbocycles. The average molecular weight is 239 g/mol. The Labute approximate surface area is 71.5 Å². The molecule has 8 heteroatoms. The second kappa shape index (κ2) is 3.08. The predicted molar refractivity (Wildman–Crippen MR) is 25.7 cm³/mol. The summed E-state index contributed by atoms with van der Waals surface area (Å²) >= 11 is 0. The zero-order chi connectivity index (χ0) is 6.91. The summed E-state index contributed by atoms with van der Waals surface area (Å²) < 4.78 is 0. The van der Waals surface area contributed by atoms with Gasteiger partial charge in [-0.2, -0.15) is 5.43 Å².